The maximum atomic E-state index is 11.0. The Bertz CT molecular complexity index is 839. The van der Waals surface area contributed by atoms with E-state index in [1.807, 2.05) is 12.1 Å². The Kier molecular flexibility index (Phi) is 4.05. The van der Waals surface area contributed by atoms with Crippen LogP contribution in [-0.2, 0) is 9.53 Å². The highest BCUT2D eigenvalue weighted by Gasteiger charge is 2.00. The summed E-state index contributed by atoms with van der Waals surface area (Å²) >= 11 is 0. The number of benzene rings is 3. The first-order valence-corrected chi connectivity index (χ1v) is 7.22. The van der Waals surface area contributed by atoms with Crippen LogP contribution in [0.25, 0.3) is 21.5 Å². The Morgan fingerprint density at radius 2 is 1.68 bits per heavy atom. The highest BCUT2D eigenvalue weighted by atomic mass is 16.5. The zero-order valence-electron chi connectivity index (χ0n) is 12.2. The molecule has 0 amide bonds. The molecule has 0 atom stereocenters. The molecule has 0 aliphatic heterocycles. The third-order valence-corrected chi connectivity index (χ3v) is 3.55. The number of carbonyl (C=O) groups is 1. The van der Waals surface area contributed by atoms with Gasteiger partial charge in [-0.1, -0.05) is 36.9 Å². The average Bonchev–Trinajstić information content (AvgIpc) is 2.56. The minimum absolute atomic E-state index is 0.320. The molecule has 0 saturated heterocycles. The number of hydrogen-bond donors (Lipinski definition) is 1. The second kappa shape index (κ2) is 6.31. The Morgan fingerprint density at radius 3 is 2.41 bits per heavy atom. The van der Waals surface area contributed by atoms with Gasteiger partial charge in [-0.15, -0.1) is 0 Å². The van der Waals surface area contributed by atoms with E-state index in [4.69, 9.17) is 4.74 Å². The van der Waals surface area contributed by atoms with E-state index in [2.05, 4.69) is 54.4 Å². The van der Waals surface area contributed by atoms with Crippen LogP contribution in [0, 0.1) is 0 Å². The Labute approximate surface area is 129 Å². The maximum Gasteiger partial charge on any atom is 0.330 e. The Balaban J connectivity index is 1.76. The lowest BCUT2D eigenvalue weighted by atomic mass is 10.0. The molecule has 0 heterocycles. The molecule has 1 N–H and O–H groups in total. The van der Waals surface area contributed by atoms with Gasteiger partial charge < -0.3 is 10.1 Å². The van der Waals surface area contributed by atoms with Gasteiger partial charge >= 0.3 is 5.97 Å². The predicted molar refractivity (Wildman–Crippen MR) is 91.1 cm³/mol. The average molecular weight is 291 g/mol. The number of carbonyl (C=O) groups excluding carboxylic acids is 1. The molecule has 0 bridgehead atoms. The first-order chi connectivity index (χ1) is 10.8. The summed E-state index contributed by atoms with van der Waals surface area (Å²) in [6, 6.07) is 19.0. The van der Waals surface area contributed by atoms with Crippen molar-refractivity contribution in [3.63, 3.8) is 0 Å². The molecular formula is C19H17NO2. The van der Waals surface area contributed by atoms with Gasteiger partial charge in [-0.3, -0.25) is 0 Å². The lowest BCUT2D eigenvalue weighted by Crippen LogP contribution is -2.12. The van der Waals surface area contributed by atoms with E-state index in [0.29, 0.717) is 13.2 Å². The van der Waals surface area contributed by atoms with Gasteiger partial charge in [0.05, 0.1) is 0 Å². The quantitative estimate of drug-likeness (QED) is 0.332. The summed E-state index contributed by atoms with van der Waals surface area (Å²) in [6.45, 7) is 4.25. The second-order valence-electron chi connectivity index (χ2n) is 5.06. The minimum Gasteiger partial charge on any atom is -0.461 e. The van der Waals surface area contributed by atoms with Gasteiger partial charge in [0.25, 0.3) is 0 Å². The second-order valence-corrected chi connectivity index (χ2v) is 5.06. The molecule has 22 heavy (non-hydrogen) atoms. The highest BCUT2D eigenvalue weighted by Crippen LogP contribution is 2.25. The molecule has 3 aromatic carbocycles. The fourth-order valence-corrected chi connectivity index (χ4v) is 2.46. The SMILES string of the molecule is C=CC(=O)OCCNc1ccc2cc3ccccc3cc2c1. The molecule has 0 fully saturated rings. The molecule has 110 valence electrons. The summed E-state index contributed by atoms with van der Waals surface area (Å²) in [5.74, 6) is -0.396. The molecule has 0 aromatic heterocycles. The van der Waals surface area contributed by atoms with E-state index >= 15 is 0 Å². The summed E-state index contributed by atoms with van der Waals surface area (Å²) in [5.41, 5.74) is 1.01. The summed E-state index contributed by atoms with van der Waals surface area (Å²) < 4.78 is 4.94. The van der Waals surface area contributed by atoms with Crippen molar-refractivity contribution in [3.05, 3.63) is 67.3 Å². The van der Waals surface area contributed by atoms with Crippen LogP contribution in [0.1, 0.15) is 0 Å². The van der Waals surface area contributed by atoms with Gasteiger partial charge in [0.1, 0.15) is 6.61 Å². The zero-order chi connectivity index (χ0) is 15.4. The van der Waals surface area contributed by atoms with Crippen molar-refractivity contribution in [2.45, 2.75) is 0 Å². The molecule has 0 spiro atoms. The number of fused-ring (bicyclic) bond motifs is 2. The number of nitrogens with one attached hydrogen (secondary N) is 1. The van der Waals surface area contributed by atoms with Crippen molar-refractivity contribution in [2.24, 2.45) is 0 Å². The van der Waals surface area contributed by atoms with Crippen LogP contribution < -0.4 is 5.32 Å². The highest BCUT2D eigenvalue weighted by molar-refractivity contribution is 5.99. The van der Waals surface area contributed by atoms with E-state index in [1.54, 1.807) is 0 Å². The van der Waals surface area contributed by atoms with Gasteiger partial charge in [-0.05, 0) is 45.8 Å². The van der Waals surface area contributed by atoms with E-state index in [1.165, 1.54) is 27.6 Å². The van der Waals surface area contributed by atoms with Crippen LogP contribution in [0.15, 0.2) is 67.3 Å². The number of esters is 1. The van der Waals surface area contributed by atoms with Gasteiger partial charge in [0.2, 0.25) is 0 Å². The largest absolute Gasteiger partial charge is 0.461 e. The number of anilines is 1. The van der Waals surface area contributed by atoms with Gasteiger partial charge in [-0.2, -0.15) is 0 Å². The topological polar surface area (TPSA) is 38.3 Å². The summed E-state index contributed by atoms with van der Waals surface area (Å²) in [4.78, 5) is 11.0. The lowest BCUT2D eigenvalue weighted by Gasteiger charge is -2.08. The first-order valence-electron chi connectivity index (χ1n) is 7.22. The van der Waals surface area contributed by atoms with E-state index in [0.717, 1.165) is 5.69 Å². The van der Waals surface area contributed by atoms with E-state index in [9.17, 15) is 4.79 Å². The molecular weight excluding hydrogens is 274 g/mol. The summed E-state index contributed by atoms with van der Waals surface area (Å²) in [7, 11) is 0. The van der Waals surface area contributed by atoms with Crippen molar-refractivity contribution >= 4 is 33.2 Å². The summed E-state index contributed by atoms with van der Waals surface area (Å²) in [5, 5.41) is 8.12. The summed E-state index contributed by atoms with van der Waals surface area (Å²) in [6.07, 6.45) is 1.17. The van der Waals surface area contributed by atoms with E-state index < -0.39 is 5.97 Å². The molecule has 3 heteroatoms. The van der Waals surface area contributed by atoms with Crippen LogP contribution in [0.3, 0.4) is 0 Å². The fraction of sp³-hybridized carbons (Fsp3) is 0.105. The number of ether oxygens (including phenoxy) is 1. The normalized spacial score (nSPS) is 10.5. The molecule has 3 rings (SSSR count). The first kappa shape index (κ1) is 14.1. The lowest BCUT2D eigenvalue weighted by molar-refractivity contribution is -0.137. The van der Waals surface area contributed by atoms with Crippen molar-refractivity contribution in [1.29, 1.82) is 0 Å². The standard InChI is InChI=1S/C19H17NO2/c1-2-19(21)22-10-9-20-18-8-7-16-11-14-5-3-4-6-15(14)12-17(16)13-18/h2-8,11-13,20H,1,9-10H2. The van der Waals surface area contributed by atoms with Crippen LogP contribution in [0.4, 0.5) is 5.69 Å². The van der Waals surface area contributed by atoms with E-state index in [-0.39, 0.29) is 0 Å². The van der Waals surface area contributed by atoms with Crippen LogP contribution in [0.5, 0.6) is 0 Å². The van der Waals surface area contributed by atoms with Gasteiger partial charge in [-0.25, -0.2) is 4.79 Å². The molecule has 3 aromatic rings. The number of hydrogen-bond acceptors (Lipinski definition) is 3. The van der Waals surface area contributed by atoms with Crippen LogP contribution in [0.2, 0.25) is 0 Å². The van der Waals surface area contributed by atoms with Crippen molar-refractivity contribution < 1.29 is 9.53 Å². The molecule has 0 radical (unpaired) electrons. The van der Waals surface area contributed by atoms with Crippen LogP contribution in [-0.4, -0.2) is 19.1 Å². The maximum absolute atomic E-state index is 11.0. The fourth-order valence-electron chi connectivity index (χ4n) is 2.46. The van der Waals surface area contributed by atoms with Gasteiger partial charge in [0, 0.05) is 18.3 Å². The monoisotopic (exact) mass is 291 g/mol. The zero-order valence-corrected chi connectivity index (χ0v) is 12.2. The molecule has 3 nitrogen and oxygen atoms in total. The molecule has 0 unspecified atom stereocenters. The Hall–Kier alpha value is -2.81. The third kappa shape index (κ3) is 3.09. The Morgan fingerprint density at radius 1 is 1.00 bits per heavy atom. The number of rotatable bonds is 5. The van der Waals surface area contributed by atoms with Crippen molar-refractivity contribution in [2.75, 3.05) is 18.5 Å². The minimum atomic E-state index is -0.396. The van der Waals surface area contributed by atoms with Crippen molar-refractivity contribution in [1.82, 2.24) is 0 Å². The third-order valence-electron chi connectivity index (χ3n) is 3.55. The predicted octanol–water partition coefficient (Wildman–Crippen LogP) is 4.13. The van der Waals surface area contributed by atoms with Crippen molar-refractivity contribution in [3.8, 4) is 0 Å². The molecule has 0 aliphatic carbocycles. The van der Waals surface area contributed by atoms with Crippen LogP contribution >= 0.6 is 0 Å². The smallest absolute Gasteiger partial charge is 0.330 e. The van der Waals surface area contributed by atoms with Gasteiger partial charge in [0.15, 0.2) is 0 Å². The molecule has 0 aliphatic rings. The molecule has 0 saturated carbocycles.